The first kappa shape index (κ1) is 19.6. The molecule has 1 rings (SSSR count). The van der Waals surface area contributed by atoms with Crippen molar-refractivity contribution in [1.29, 1.82) is 0 Å². The van der Waals surface area contributed by atoms with Crippen LogP contribution in [-0.2, 0) is 27.1 Å². The Hall–Kier alpha value is -1.46. The molecule has 0 heterocycles. The molecule has 0 aromatic heterocycles. The van der Waals surface area contributed by atoms with Crippen molar-refractivity contribution in [3.63, 3.8) is 0 Å². The van der Waals surface area contributed by atoms with Gasteiger partial charge in [0.25, 0.3) is 0 Å². The fraction of sp³-hybridized carbons (Fsp3) is 0.500. The number of hydrogen-bond donors (Lipinski definition) is 1. The zero-order chi connectivity index (χ0) is 17.5. The van der Waals surface area contributed by atoms with Crippen LogP contribution in [0.5, 0.6) is 0 Å². The average Bonchev–Trinajstić information content (AvgIpc) is 2.49. The van der Waals surface area contributed by atoms with Crippen LogP contribution in [-0.4, -0.2) is 21.5 Å². The molecule has 0 amide bonds. The lowest BCUT2D eigenvalue weighted by molar-refractivity contribution is -0.152. The highest BCUT2D eigenvalue weighted by Gasteiger charge is 2.26. The Labute approximate surface area is 141 Å². The summed E-state index contributed by atoms with van der Waals surface area (Å²) in [6, 6.07) is 9.58. The molecule has 1 N–H and O–H groups in total. The summed E-state index contributed by atoms with van der Waals surface area (Å²) in [5.74, 6) is -0.283. The van der Waals surface area contributed by atoms with Gasteiger partial charge in [0.1, 0.15) is 6.61 Å². The van der Waals surface area contributed by atoms with Crippen LogP contribution < -0.4 is 4.72 Å². The van der Waals surface area contributed by atoms with Crippen LogP contribution in [0.4, 0.5) is 0 Å². The summed E-state index contributed by atoms with van der Waals surface area (Å²) < 4.78 is 19.8. The Balaban J connectivity index is 2.46. The van der Waals surface area contributed by atoms with Crippen molar-refractivity contribution >= 4 is 17.0 Å². The second-order valence-electron chi connectivity index (χ2n) is 6.92. The van der Waals surface area contributed by atoms with Crippen molar-refractivity contribution in [2.45, 2.75) is 46.0 Å². The molecule has 0 aliphatic carbocycles. The predicted octanol–water partition coefficient (Wildman–Crippen LogP) is 3.36. The molecule has 23 heavy (non-hydrogen) atoms. The number of carbonyl (C=O) groups excluding carboxylic acids is 1. The molecule has 0 fully saturated rings. The van der Waals surface area contributed by atoms with Gasteiger partial charge in [0.05, 0.1) is 21.1 Å². The summed E-state index contributed by atoms with van der Waals surface area (Å²) in [4.78, 5) is 12.2. The maximum Gasteiger partial charge on any atom is 0.315 e. The van der Waals surface area contributed by atoms with Gasteiger partial charge in [-0.1, -0.05) is 42.5 Å². The summed E-state index contributed by atoms with van der Waals surface area (Å²) in [5.41, 5.74) is 0.238. The molecule has 1 atom stereocenters. The van der Waals surface area contributed by atoms with Crippen LogP contribution in [0.2, 0.25) is 0 Å². The zero-order valence-electron chi connectivity index (χ0n) is 14.6. The van der Waals surface area contributed by atoms with Gasteiger partial charge < -0.3 is 4.74 Å². The standard InChI is InChI=1S/C18H27NO3S/c1-17(2,3)23(21)19-13-9-12-18(4,5)16(20)22-14-15-10-7-6-8-11-15/h6-12,19H,13-14H2,1-5H3. The Morgan fingerprint density at radius 3 is 2.35 bits per heavy atom. The van der Waals surface area contributed by atoms with E-state index in [4.69, 9.17) is 4.74 Å². The molecule has 0 saturated carbocycles. The van der Waals surface area contributed by atoms with Crippen molar-refractivity contribution < 1.29 is 13.7 Å². The number of hydrogen-bond acceptors (Lipinski definition) is 3. The van der Waals surface area contributed by atoms with E-state index in [0.717, 1.165) is 5.56 Å². The molecule has 1 aromatic carbocycles. The van der Waals surface area contributed by atoms with E-state index >= 15 is 0 Å². The lowest BCUT2D eigenvalue weighted by Crippen LogP contribution is -2.33. The molecule has 0 spiro atoms. The molecular weight excluding hydrogens is 310 g/mol. The smallest absolute Gasteiger partial charge is 0.315 e. The molecule has 0 aliphatic heterocycles. The summed E-state index contributed by atoms with van der Waals surface area (Å²) in [5, 5.41) is 0. The topological polar surface area (TPSA) is 55.4 Å². The van der Waals surface area contributed by atoms with E-state index < -0.39 is 16.4 Å². The second kappa shape index (κ2) is 8.41. The van der Waals surface area contributed by atoms with Gasteiger partial charge in [0.15, 0.2) is 0 Å². The van der Waals surface area contributed by atoms with Gasteiger partial charge in [0, 0.05) is 6.54 Å². The highest BCUT2D eigenvalue weighted by atomic mass is 32.2. The molecule has 128 valence electrons. The van der Waals surface area contributed by atoms with Gasteiger partial charge >= 0.3 is 5.97 Å². The summed E-state index contributed by atoms with van der Waals surface area (Å²) in [6.45, 7) is 10.0. The van der Waals surface area contributed by atoms with Crippen molar-refractivity contribution in [3.8, 4) is 0 Å². The van der Waals surface area contributed by atoms with Gasteiger partial charge in [-0.15, -0.1) is 0 Å². The zero-order valence-corrected chi connectivity index (χ0v) is 15.4. The van der Waals surface area contributed by atoms with Crippen molar-refractivity contribution in [2.75, 3.05) is 6.54 Å². The first-order valence-corrected chi connectivity index (χ1v) is 8.82. The maximum absolute atomic E-state index is 12.2. The van der Waals surface area contributed by atoms with E-state index in [9.17, 15) is 9.00 Å². The van der Waals surface area contributed by atoms with Crippen LogP contribution in [0.25, 0.3) is 0 Å². The van der Waals surface area contributed by atoms with Crippen molar-refractivity contribution in [1.82, 2.24) is 4.72 Å². The fourth-order valence-corrected chi connectivity index (χ4v) is 2.35. The fourth-order valence-electron chi connectivity index (χ4n) is 1.67. The Morgan fingerprint density at radius 2 is 1.78 bits per heavy atom. The molecule has 1 aromatic rings. The summed E-state index contributed by atoms with van der Waals surface area (Å²) in [7, 11) is -1.12. The van der Waals surface area contributed by atoms with Crippen LogP contribution in [0.3, 0.4) is 0 Å². The van der Waals surface area contributed by atoms with E-state index in [-0.39, 0.29) is 17.3 Å². The van der Waals surface area contributed by atoms with E-state index in [1.165, 1.54) is 0 Å². The van der Waals surface area contributed by atoms with Crippen LogP contribution >= 0.6 is 0 Å². The first-order valence-electron chi connectivity index (χ1n) is 7.67. The van der Waals surface area contributed by atoms with Crippen LogP contribution in [0.15, 0.2) is 42.5 Å². The minimum Gasteiger partial charge on any atom is -0.460 e. The Morgan fingerprint density at radius 1 is 1.17 bits per heavy atom. The number of benzene rings is 1. The normalized spacial score (nSPS) is 14.0. The molecular formula is C18H27NO3S. The highest BCUT2D eigenvalue weighted by Crippen LogP contribution is 2.20. The van der Waals surface area contributed by atoms with E-state index in [0.29, 0.717) is 6.54 Å². The van der Waals surface area contributed by atoms with Crippen molar-refractivity contribution in [3.05, 3.63) is 48.0 Å². The lowest BCUT2D eigenvalue weighted by Gasteiger charge is -2.19. The quantitative estimate of drug-likeness (QED) is 0.613. The monoisotopic (exact) mass is 337 g/mol. The molecule has 0 radical (unpaired) electrons. The second-order valence-corrected chi connectivity index (χ2v) is 8.97. The third kappa shape index (κ3) is 7.10. The molecule has 5 heteroatoms. The number of nitrogens with one attached hydrogen (secondary N) is 1. The third-order valence-electron chi connectivity index (χ3n) is 3.16. The van der Waals surface area contributed by atoms with Gasteiger partial charge in [-0.3, -0.25) is 4.79 Å². The highest BCUT2D eigenvalue weighted by molar-refractivity contribution is 7.84. The SMILES string of the molecule is CC(C)(C=CCNS(=O)C(C)(C)C)C(=O)OCc1ccccc1. The number of ether oxygens (including phenoxy) is 1. The van der Waals surface area contributed by atoms with Gasteiger partial charge in [-0.2, -0.15) is 0 Å². The van der Waals surface area contributed by atoms with Gasteiger partial charge in [0.2, 0.25) is 0 Å². The predicted molar refractivity (Wildman–Crippen MR) is 95.1 cm³/mol. The third-order valence-corrected chi connectivity index (χ3v) is 4.70. The first-order chi connectivity index (χ1) is 10.6. The largest absolute Gasteiger partial charge is 0.460 e. The maximum atomic E-state index is 12.2. The van der Waals surface area contributed by atoms with Crippen LogP contribution in [0.1, 0.15) is 40.2 Å². The van der Waals surface area contributed by atoms with Crippen molar-refractivity contribution in [2.24, 2.45) is 5.41 Å². The molecule has 0 bridgehead atoms. The molecule has 1 unspecified atom stereocenters. The minimum absolute atomic E-state index is 0.267. The Kier molecular flexibility index (Phi) is 7.16. The molecule has 0 aliphatic rings. The average molecular weight is 337 g/mol. The number of rotatable bonds is 7. The van der Waals surface area contributed by atoms with E-state index in [1.807, 2.05) is 57.2 Å². The number of carbonyl (C=O) groups is 1. The minimum atomic E-state index is -1.12. The van der Waals surface area contributed by atoms with E-state index in [2.05, 4.69) is 4.72 Å². The molecule has 4 nitrogen and oxygen atoms in total. The van der Waals surface area contributed by atoms with Gasteiger partial charge in [-0.05, 0) is 40.2 Å². The number of esters is 1. The lowest BCUT2D eigenvalue weighted by atomic mass is 9.93. The van der Waals surface area contributed by atoms with E-state index in [1.54, 1.807) is 19.9 Å². The van der Waals surface area contributed by atoms with Gasteiger partial charge in [-0.25, -0.2) is 8.93 Å². The molecule has 0 saturated heterocycles. The Bertz CT molecular complexity index is 559. The van der Waals surface area contributed by atoms with Crippen LogP contribution in [0, 0.1) is 5.41 Å². The summed E-state index contributed by atoms with van der Waals surface area (Å²) >= 11 is 0. The summed E-state index contributed by atoms with van der Waals surface area (Å²) in [6.07, 6.45) is 3.60.